The molecule has 0 bridgehead atoms. The van der Waals surface area contributed by atoms with Crippen molar-refractivity contribution in [1.82, 2.24) is 0 Å². The fourth-order valence-corrected chi connectivity index (χ4v) is 6.62. The summed E-state index contributed by atoms with van der Waals surface area (Å²) in [5.41, 5.74) is 2.62. The van der Waals surface area contributed by atoms with Crippen LogP contribution in [-0.4, -0.2) is 63.4 Å². The monoisotopic (exact) mass is 388 g/mol. The predicted octanol–water partition coefficient (Wildman–Crippen LogP) is -1.28. The minimum Gasteiger partial charge on any atom is -0.386 e. The van der Waals surface area contributed by atoms with Crippen LogP contribution in [0.5, 0.6) is 0 Å². The van der Waals surface area contributed by atoms with Gasteiger partial charge in [-0.3, -0.25) is 0 Å². The Labute approximate surface area is 161 Å². The highest BCUT2D eigenvalue weighted by molar-refractivity contribution is 7.91. The molecule has 2 saturated heterocycles. The fourth-order valence-electron chi connectivity index (χ4n) is 4.73. The third kappa shape index (κ3) is 4.09. The number of sulfone groups is 1. The zero-order chi connectivity index (χ0) is 18.9. The second kappa shape index (κ2) is 7.72. The SMILES string of the molecule is O=S1(=O)C[C@@H](O)[C@@H]([NH+]2CC[NH+](C(c3ccccc3)c3ccccc3)CC2)C1. The Balaban J connectivity index is 1.51. The Hall–Kier alpha value is -1.73. The molecule has 2 aliphatic rings. The number of benzene rings is 2. The summed E-state index contributed by atoms with van der Waals surface area (Å²) in [6.07, 6.45) is -0.717. The first-order valence-electron chi connectivity index (χ1n) is 9.71. The molecular formula is C21H28N2O3S+2. The standard InChI is InChI=1S/C21H26N2O3S/c24-20-16-27(25,26)15-19(20)22-11-13-23(14-12-22)21(17-7-3-1-4-8-17)18-9-5-2-6-10-18/h1-10,19-21,24H,11-16H2/p+2/t19-,20+/m0/s1. The minimum atomic E-state index is -3.09. The molecule has 0 spiro atoms. The molecule has 0 saturated carbocycles. The van der Waals surface area contributed by atoms with Crippen LogP contribution in [-0.2, 0) is 9.84 Å². The van der Waals surface area contributed by atoms with E-state index in [0.29, 0.717) is 0 Å². The topological polar surface area (TPSA) is 63.2 Å². The zero-order valence-electron chi connectivity index (χ0n) is 15.4. The lowest BCUT2D eigenvalue weighted by Gasteiger charge is -2.37. The average Bonchev–Trinajstić information content (AvgIpc) is 2.97. The number of hydrogen-bond donors (Lipinski definition) is 3. The quantitative estimate of drug-likeness (QED) is 0.611. The van der Waals surface area contributed by atoms with Gasteiger partial charge in [0.15, 0.2) is 9.84 Å². The van der Waals surface area contributed by atoms with Gasteiger partial charge >= 0.3 is 0 Å². The molecule has 2 aliphatic heterocycles. The third-order valence-corrected chi connectivity index (χ3v) is 7.77. The molecule has 6 heteroatoms. The summed E-state index contributed by atoms with van der Waals surface area (Å²) >= 11 is 0. The second-order valence-electron chi connectivity index (χ2n) is 7.82. The predicted molar refractivity (Wildman–Crippen MR) is 105 cm³/mol. The average molecular weight is 389 g/mol. The highest BCUT2D eigenvalue weighted by atomic mass is 32.2. The molecule has 27 heavy (non-hydrogen) atoms. The van der Waals surface area contributed by atoms with Crippen molar-refractivity contribution in [3.63, 3.8) is 0 Å². The van der Waals surface area contributed by atoms with Crippen molar-refractivity contribution >= 4 is 9.84 Å². The number of aliphatic hydroxyl groups excluding tert-OH is 1. The molecule has 0 amide bonds. The van der Waals surface area contributed by atoms with Crippen LogP contribution in [0.2, 0.25) is 0 Å². The van der Waals surface area contributed by atoms with Gasteiger partial charge in [0, 0.05) is 11.1 Å². The molecule has 2 aromatic carbocycles. The molecule has 0 unspecified atom stereocenters. The van der Waals surface area contributed by atoms with Gasteiger partial charge in [0.05, 0.1) is 5.75 Å². The highest BCUT2D eigenvalue weighted by Crippen LogP contribution is 2.19. The van der Waals surface area contributed by atoms with Crippen molar-refractivity contribution < 1.29 is 23.3 Å². The molecule has 0 radical (unpaired) electrons. The molecule has 5 nitrogen and oxygen atoms in total. The summed E-state index contributed by atoms with van der Waals surface area (Å²) in [7, 11) is -3.09. The molecule has 2 aromatic rings. The number of quaternary nitrogens is 2. The van der Waals surface area contributed by atoms with Gasteiger partial charge in [0.2, 0.25) is 0 Å². The largest absolute Gasteiger partial charge is 0.386 e. The first-order chi connectivity index (χ1) is 13.0. The Morgan fingerprint density at radius 2 is 1.33 bits per heavy atom. The lowest BCUT2D eigenvalue weighted by atomic mass is 9.96. The minimum absolute atomic E-state index is 0.0750. The zero-order valence-corrected chi connectivity index (χ0v) is 16.2. The summed E-state index contributed by atoms with van der Waals surface area (Å²) < 4.78 is 23.7. The van der Waals surface area contributed by atoms with Crippen molar-refractivity contribution in [3.8, 4) is 0 Å². The maximum Gasteiger partial charge on any atom is 0.159 e. The summed E-state index contributed by atoms with van der Waals surface area (Å²) in [6.45, 7) is 3.71. The van der Waals surface area contributed by atoms with Crippen LogP contribution in [0, 0.1) is 0 Å². The van der Waals surface area contributed by atoms with E-state index in [-0.39, 0.29) is 23.6 Å². The van der Waals surface area contributed by atoms with Crippen molar-refractivity contribution in [2.24, 2.45) is 0 Å². The van der Waals surface area contributed by atoms with E-state index in [9.17, 15) is 13.5 Å². The van der Waals surface area contributed by atoms with E-state index < -0.39 is 15.9 Å². The maximum atomic E-state index is 11.9. The van der Waals surface area contributed by atoms with Crippen LogP contribution in [0.15, 0.2) is 60.7 Å². The summed E-state index contributed by atoms with van der Waals surface area (Å²) in [4.78, 5) is 2.75. The van der Waals surface area contributed by atoms with Crippen molar-refractivity contribution in [2.75, 3.05) is 37.7 Å². The van der Waals surface area contributed by atoms with E-state index in [0.717, 1.165) is 26.2 Å². The molecule has 4 rings (SSSR count). The van der Waals surface area contributed by atoms with Crippen molar-refractivity contribution in [1.29, 1.82) is 0 Å². The van der Waals surface area contributed by atoms with Gasteiger partial charge in [-0.1, -0.05) is 60.7 Å². The molecule has 3 N–H and O–H groups in total. The molecular weight excluding hydrogens is 360 g/mol. The van der Waals surface area contributed by atoms with Crippen LogP contribution in [0.3, 0.4) is 0 Å². The smallest absolute Gasteiger partial charge is 0.159 e. The Morgan fingerprint density at radius 1 is 0.815 bits per heavy atom. The third-order valence-electron chi connectivity index (χ3n) is 6.06. The van der Waals surface area contributed by atoms with Crippen LogP contribution in [0.4, 0.5) is 0 Å². The van der Waals surface area contributed by atoms with E-state index >= 15 is 0 Å². The van der Waals surface area contributed by atoms with Crippen LogP contribution >= 0.6 is 0 Å². The van der Waals surface area contributed by atoms with Gasteiger partial charge < -0.3 is 14.9 Å². The summed E-state index contributed by atoms with van der Waals surface area (Å²) in [5.74, 6) is 0.0496. The first-order valence-corrected chi connectivity index (χ1v) is 11.5. The Bertz CT molecular complexity index is 810. The molecule has 0 aliphatic carbocycles. The van der Waals surface area contributed by atoms with E-state index in [2.05, 4.69) is 48.5 Å². The van der Waals surface area contributed by atoms with Gasteiger partial charge in [0.25, 0.3) is 0 Å². The number of rotatable bonds is 4. The van der Waals surface area contributed by atoms with Crippen LogP contribution in [0.25, 0.3) is 0 Å². The van der Waals surface area contributed by atoms with Crippen molar-refractivity contribution in [3.05, 3.63) is 71.8 Å². The van der Waals surface area contributed by atoms with E-state index in [1.165, 1.54) is 20.9 Å². The van der Waals surface area contributed by atoms with Gasteiger partial charge in [-0.2, -0.15) is 0 Å². The fraction of sp³-hybridized carbons (Fsp3) is 0.429. The number of nitrogens with one attached hydrogen (secondary N) is 2. The molecule has 2 atom stereocenters. The van der Waals surface area contributed by atoms with Crippen LogP contribution < -0.4 is 9.80 Å². The molecule has 2 heterocycles. The second-order valence-corrected chi connectivity index (χ2v) is 9.98. The van der Waals surface area contributed by atoms with Crippen molar-refractivity contribution in [2.45, 2.75) is 18.2 Å². The molecule has 0 aromatic heterocycles. The maximum absolute atomic E-state index is 11.9. The summed E-state index contributed by atoms with van der Waals surface area (Å²) in [6, 6.07) is 21.3. The van der Waals surface area contributed by atoms with Gasteiger partial charge in [-0.15, -0.1) is 0 Å². The normalized spacial score (nSPS) is 30.4. The van der Waals surface area contributed by atoms with Gasteiger partial charge in [-0.25, -0.2) is 8.42 Å². The highest BCUT2D eigenvalue weighted by Gasteiger charge is 2.45. The van der Waals surface area contributed by atoms with Gasteiger partial charge in [0.1, 0.15) is 50.1 Å². The molecule has 144 valence electrons. The van der Waals surface area contributed by atoms with Crippen LogP contribution in [0.1, 0.15) is 17.2 Å². The lowest BCUT2D eigenvalue weighted by Crippen LogP contribution is -3.30. The lowest BCUT2D eigenvalue weighted by molar-refractivity contribution is -1.03. The Morgan fingerprint density at radius 3 is 1.78 bits per heavy atom. The van der Waals surface area contributed by atoms with Gasteiger partial charge in [-0.05, 0) is 0 Å². The van der Waals surface area contributed by atoms with E-state index in [1.54, 1.807) is 0 Å². The molecule has 2 fully saturated rings. The summed E-state index contributed by atoms with van der Waals surface area (Å²) in [5, 5.41) is 10.2. The number of aliphatic hydroxyl groups is 1. The first kappa shape index (κ1) is 18.6. The number of piperazine rings is 1. The van der Waals surface area contributed by atoms with E-state index in [4.69, 9.17) is 0 Å². The Kier molecular flexibility index (Phi) is 5.32. The number of hydrogen-bond acceptors (Lipinski definition) is 3. The van der Waals surface area contributed by atoms with E-state index in [1.807, 2.05) is 12.1 Å².